The number of likely N-dealkylation sites (tertiary alicyclic amines) is 1. The van der Waals surface area contributed by atoms with Gasteiger partial charge in [-0.15, -0.1) is 5.10 Å². The molecule has 3 heterocycles. The molecule has 176 valence electrons. The van der Waals surface area contributed by atoms with Crippen molar-refractivity contribution in [2.45, 2.75) is 51.6 Å². The van der Waals surface area contributed by atoms with Crippen molar-refractivity contribution >= 4 is 23.5 Å². The van der Waals surface area contributed by atoms with Crippen LogP contribution in [0.2, 0.25) is 0 Å². The molecule has 0 saturated carbocycles. The molecule has 33 heavy (non-hydrogen) atoms. The Morgan fingerprint density at radius 1 is 1.03 bits per heavy atom. The quantitative estimate of drug-likeness (QED) is 0.754. The number of nitrogens with one attached hydrogen (secondary N) is 1. The minimum atomic E-state index is -0.472. The molecule has 8 nitrogen and oxygen atoms in total. The van der Waals surface area contributed by atoms with Gasteiger partial charge in [-0.2, -0.15) is 5.10 Å². The molecular formula is C25H33N5O3. The number of rotatable bonds is 4. The molecule has 1 aromatic carbocycles. The fourth-order valence-corrected chi connectivity index (χ4v) is 4.45. The number of nitrogens with zero attached hydrogens (tertiary/aromatic N) is 4. The van der Waals surface area contributed by atoms with Gasteiger partial charge in [-0.25, -0.2) is 4.79 Å². The summed E-state index contributed by atoms with van der Waals surface area (Å²) in [5.74, 6) is 1.20. The number of hydrogen-bond donors (Lipinski definition) is 1. The summed E-state index contributed by atoms with van der Waals surface area (Å²) < 4.78 is 5.48. The molecule has 0 radical (unpaired) electrons. The van der Waals surface area contributed by atoms with E-state index in [9.17, 15) is 9.59 Å². The minimum absolute atomic E-state index is 0.0415. The maximum atomic E-state index is 12.8. The monoisotopic (exact) mass is 451 g/mol. The van der Waals surface area contributed by atoms with E-state index in [1.54, 1.807) is 11.1 Å². The molecule has 2 amide bonds. The van der Waals surface area contributed by atoms with Gasteiger partial charge in [0.15, 0.2) is 5.82 Å². The first-order valence-electron chi connectivity index (χ1n) is 11.7. The normalized spacial score (nSPS) is 19.4. The van der Waals surface area contributed by atoms with E-state index in [4.69, 9.17) is 4.74 Å². The molecule has 2 fully saturated rings. The van der Waals surface area contributed by atoms with Gasteiger partial charge >= 0.3 is 6.09 Å². The summed E-state index contributed by atoms with van der Waals surface area (Å²) in [6, 6.07) is 11.9. The summed E-state index contributed by atoms with van der Waals surface area (Å²) >= 11 is 0. The molecule has 0 bridgehead atoms. The van der Waals surface area contributed by atoms with E-state index in [-0.39, 0.29) is 17.9 Å². The summed E-state index contributed by atoms with van der Waals surface area (Å²) in [4.78, 5) is 28.9. The summed E-state index contributed by atoms with van der Waals surface area (Å²) in [5, 5.41) is 11.1. The smallest absolute Gasteiger partial charge is 0.410 e. The van der Waals surface area contributed by atoms with Crippen molar-refractivity contribution in [2.75, 3.05) is 36.4 Å². The van der Waals surface area contributed by atoms with E-state index in [2.05, 4.69) is 32.5 Å². The third kappa shape index (κ3) is 6.00. The predicted molar refractivity (Wildman–Crippen MR) is 127 cm³/mol. The van der Waals surface area contributed by atoms with Crippen LogP contribution in [-0.4, -0.2) is 58.9 Å². The second kappa shape index (κ2) is 9.77. The van der Waals surface area contributed by atoms with Crippen LogP contribution in [0, 0.1) is 5.92 Å². The number of carbonyl (C=O) groups excluding carboxylic acids is 2. The Bertz CT molecular complexity index is 950. The summed E-state index contributed by atoms with van der Waals surface area (Å²) in [7, 11) is 0. The zero-order chi connectivity index (χ0) is 23.4. The number of aromatic nitrogens is 2. The average Bonchev–Trinajstić information content (AvgIpc) is 3.30. The second-order valence-corrected chi connectivity index (χ2v) is 9.87. The van der Waals surface area contributed by atoms with Crippen LogP contribution < -0.4 is 10.2 Å². The third-order valence-electron chi connectivity index (χ3n) is 6.24. The molecular weight excluding hydrogens is 418 g/mol. The first kappa shape index (κ1) is 23.0. The highest BCUT2D eigenvalue weighted by Crippen LogP contribution is 2.30. The molecule has 0 aliphatic carbocycles. The molecule has 2 aliphatic rings. The van der Waals surface area contributed by atoms with Crippen molar-refractivity contribution in [3.8, 4) is 0 Å². The van der Waals surface area contributed by atoms with Gasteiger partial charge in [0.05, 0.1) is 5.92 Å². The molecule has 2 saturated heterocycles. The van der Waals surface area contributed by atoms with Crippen molar-refractivity contribution in [3.05, 3.63) is 48.2 Å². The Morgan fingerprint density at radius 3 is 2.39 bits per heavy atom. The van der Waals surface area contributed by atoms with Crippen LogP contribution in [0.1, 0.15) is 51.5 Å². The molecule has 2 aromatic rings. The number of hydrogen-bond acceptors (Lipinski definition) is 6. The third-order valence-corrected chi connectivity index (χ3v) is 6.24. The average molecular weight is 452 g/mol. The predicted octanol–water partition coefficient (Wildman–Crippen LogP) is 4.06. The van der Waals surface area contributed by atoms with Gasteiger partial charge in [0, 0.05) is 38.1 Å². The lowest BCUT2D eigenvalue weighted by atomic mass is 9.89. The van der Waals surface area contributed by atoms with Gasteiger partial charge in [0.2, 0.25) is 5.91 Å². The van der Waals surface area contributed by atoms with Gasteiger partial charge in [-0.1, -0.05) is 12.1 Å². The van der Waals surface area contributed by atoms with E-state index in [0.29, 0.717) is 25.6 Å². The number of piperidine rings is 1. The first-order valence-corrected chi connectivity index (χ1v) is 11.7. The summed E-state index contributed by atoms with van der Waals surface area (Å²) in [5.41, 5.74) is 1.58. The van der Waals surface area contributed by atoms with Crippen molar-refractivity contribution in [1.29, 1.82) is 0 Å². The zero-order valence-electron chi connectivity index (χ0n) is 19.7. The van der Waals surface area contributed by atoms with Crippen LogP contribution in [0.25, 0.3) is 0 Å². The van der Waals surface area contributed by atoms with Gasteiger partial charge in [0.25, 0.3) is 0 Å². The lowest BCUT2D eigenvalue weighted by Gasteiger charge is -2.33. The lowest BCUT2D eigenvalue weighted by molar-refractivity contribution is -0.119. The Kier molecular flexibility index (Phi) is 6.81. The van der Waals surface area contributed by atoms with Crippen LogP contribution in [0.4, 0.5) is 16.3 Å². The van der Waals surface area contributed by atoms with Crippen molar-refractivity contribution < 1.29 is 14.3 Å². The van der Waals surface area contributed by atoms with E-state index < -0.39 is 5.60 Å². The number of carbonyl (C=O) groups is 2. The van der Waals surface area contributed by atoms with Gasteiger partial charge in [-0.3, -0.25) is 4.79 Å². The van der Waals surface area contributed by atoms with E-state index >= 15 is 0 Å². The van der Waals surface area contributed by atoms with E-state index in [1.807, 2.05) is 45.0 Å². The molecule has 2 aliphatic heterocycles. The highest BCUT2D eigenvalue weighted by molar-refractivity contribution is 5.93. The van der Waals surface area contributed by atoms with Crippen LogP contribution in [-0.2, 0) is 9.53 Å². The molecule has 0 unspecified atom stereocenters. The SMILES string of the molecule is CC(C)(C)OC(=O)N1CCC(c2ccc(NC(=O)[C@@H]3CCN(c4cccnn4)C3)cc2)CC1. The number of benzene rings is 1. The lowest BCUT2D eigenvalue weighted by Crippen LogP contribution is -2.41. The Hall–Kier alpha value is -3.16. The Morgan fingerprint density at radius 2 is 1.76 bits per heavy atom. The fourth-order valence-electron chi connectivity index (χ4n) is 4.45. The number of ether oxygens (including phenoxy) is 1. The van der Waals surface area contributed by atoms with Crippen LogP contribution in [0.3, 0.4) is 0 Å². The van der Waals surface area contributed by atoms with Crippen molar-refractivity contribution in [2.24, 2.45) is 5.92 Å². The van der Waals surface area contributed by atoms with Crippen molar-refractivity contribution in [1.82, 2.24) is 15.1 Å². The number of amides is 2. The minimum Gasteiger partial charge on any atom is -0.444 e. The Labute approximate surface area is 195 Å². The molecule has 4 rings (SSSR count). The van der Waals surface area contributed by atoms with Crippen LogP contribution in [0.15, 0.2) is 42.6 Å². The fraction of sp³-hybridized carbons (Fsp3) is 0.520. The molecule has 8 heteroatoms. The second-order valence-electron chi connectivity index (χ2n) is 9.87. The topological polar surface area (TPSA) is 87.7 Å². The summed E-state index contributed by atoms with van der Waals surface area (Å²) in [6.45, 7) is 8.51. The number of anilines is 2. The summed E-state index contributed by atoms with van der Waals surface area (Å²) in [6.07, 6.45) is 4.04. The van der Waals surface area contributed by atoms with Crippen molar-refractivity contribution in [3.63, 3.8) is 0 Å². The Balaban J connectivity index is 1.26. The molecule has 0 spiro atoms. The highest BCUT2D eigenvalue weighted by Gasteiger charge is 2.30. The van der Waals surface area contributed by atoms with Crippen LogP contribution in [0.5, 0.6) is 0 Å². The van der Waals surface area contributed by atoms with E-state index in [0.717, 1.165) is 37.3 Å². The largest absolute Gasteiger partial charge is 0.444 e. The maximum Gasteiger partial charge on any atom is 0.410 e. The highest BCUT2D eigenvalue weighted by atomic mass is 16.6. The first-order chi connectivity index (χ1) is 15.8. The molecule has 1 atom stereocenters. The maximum absolute atomic E-state index is 12.8. The van der Waals surface area contributed by atoms with Gasteiger partial charge in [-0.05, 0) is 75.8 Å². The zero-order valence-corrected chi connectivity index (χ0v) is 19.7. The molecule has 1 aromatic heterocycles. The van der Waals surface area contributed by atoms with Gasteiger partial charge < -0.3 is 19.9 Å². The van der Waals surface area contributed by atoms with E-state index in [1.165, 1.54) is 5.56 Å². The van der Waals surface area contributed by atoms with Gasteiger partial charge in [0.1, 0.15) is 5.60 Å². The molecule has 1 N–H and O–H groups in total. The standard InChI is InChI=1S/C25H33N5O3/c1-25(2,3)33-24(32)29-14-10-19(11-15-29)18-6-8-21(9-7-18)27-23(31)20-12-16-30(17-20)22-5-4-13-26-28-22/h4-9,13,19-20H,10-12,14-17H2,1-3H3,(H,27,31)/t20-/m1/s1. The van der Waals surface area contributed by atoms with Crippen LogP contribution >= 0.6 is 0 Å².